The molecule has 0 heterocycles. The van der Waals surface area contributed by atoms with E-state index in [9.17, 15) is 13.6 Å². The van der Waals surface area contributed by atoms with Gasteiger partial charge in [0, 0.05) is 12.8 Å². The first-order chi connectivity index (χ1) is 8.36. The summed E-state index contributed by atoms with van der Waals surface area (Å²) < 4.78 is 32.8. The Balaban J connectivity index is 2.88. The van der Waals surface area contributed by atoms with Crippen molar-refractivity contribution in [3.63, 3.8) is 0 Å². The predicted molar refractivity (Wildman–Crippen MR) is 63.1 cm³/mol. The summed E-state index contributed by atoms with van der Waals surface area (Å²) in [6.45, 7) is 1.72. The number of aryl methyl sites for hydroxylation is 1. The van der Waals surface area contributed by atoms with Gasteiger partial charge in [0.2, 0.25) is 0 Å². The van der Waals surface area contributed by atoms with Crippen LogP contribution in [0.1, 0.15) is 30.4 Å². The van der Waals surface area contributed by atoms with Crippen LogP contribution in [0.5, 0.6) is 5.75 Å². The number of hydrogen-bond acceptors (Lipinski definition) is 2. The van der Waals surface area contributed by atoms with Gasteiger partial charge < -0.3 is 9.84 Å². The normalized spacial score (nSPS) is 11.3. The van der Waals surface area contributed by atoms with E-state index in [0.29, 0.717) is 5.56 Å². The van der Waals surface area contributed by atoms with Gasteiger partial charge in [-0.2, -0.15) is 0 Å². The maximum absolute atomic E-state index is 14.0. The molecule has 5 heteroatoms. The highest BCUT2D eigenvalue weighted by atomic mass is 19.3. The summed E-state index contributed by atoms with van der Waals surface area (Å²) in [4.78, 5) is 10.3. The summed E-state index contributed by atoms with van der Waals surface area (Å²) >= 11 is 0. The van der Waals surface area contributed by atoms with E-state index < -0.39 is 18.3 Å². The number of aliphatic carboxylic acids is 1. The van der Waals surface area contributed by atoms with Crippen LogP contribution in [-0.4, -0.2) is 18.2 Å². The minimum absolute atomic E-state index is 0.0700. The van der Waals surface area contributed by atoms with Gasteiger partial charge in [0.15, 0.2) is 0 Å². The number of alkyl halides is 2. The molecule has 3 nitrogen and oxygen atoms in total. The SMILES string of the molecule is COc1ccc(C)cc1C(F)(F)CCCC(=O)O. The fourth-order valence-electron chi connectivity index (χ4n) is 1.70. The smallest absolute Gasteiger partial charge is 0.303 e. The Bertz CT molecular complexity index is 430. The van der Waals surface area contributed by atoms with Crippen molar-refractivity contribution >= 4 is 5.97 Å². The minimum Gasteiger partial charge on any atom is -0.496 e. The molecule has 1 rings (SSSR count). The van der Waals surface area contributed by atoms with Crippen molar-refractivity contribution < 1.29 is 23.4 Å². The summed E-state index contributed by atoms with van der Waals surface area (Å²) in [6.07, 6.45) is -0.831. The van der Waals surface area contributed by atoms with Gasteiger partial charge in [-0.25, -0.2) is 8.78 Å². The fourth-order valence-corrected chi connectivity index (χ4v) is 1.70. The van der Waals surface area contributed by atoms with E-state index >= 15 is 0 Å². The third-order valence-electron chi connectivity index (χ3n) is 2.63. The largest absolute Gasteiger partial charge is 0.496 e. The zero-order chi connectivity index (χ0) is 13.8. The Morgan fingerprint density at radius 1 is 1.44 bits per heavy atom. The van der Waals surface area contributed by atoms with Crippen molar-refractivity contribution in [2.75, 3.05) is 7.11 Å². The molecule has 100 valence electrons. The fraction of sp³-hybridized carbons (Fsp3) is 0.462. The molecule has 0 aliphatic heterocycles. The van der Waals surface area contributed by atoms with Crippen LogP contribution in [0.3, 0.4) is 0 Å². The lowest BCUT2D eigenvalue weighted by molar-refractivity contribution is -0.137. The van der Waals surface area contributed by atoms with Crippen LogP contribution in [0.25, 0.3) is 0 Å². The first kappa shape index (κ1) is 14.4. The van der Waals surface area contributed by atoms with E-state index in [0.717, 1.165) is 0 Å². The van der Waals surface area contributed by atoms with Crippen molar-refractivity contribution in [2.45, 2.75) is 32.1 Å². The van der Waals surface area contributed by atoms with Crippen molar-refractivity contribution in [3.8, 4) is 5.75 Å². The molecule has 0 bridgehead atoms. The molecule has 18 heavy (non-hydrogen) atoms. The molecule has 0 saturated carbocycles. The monoisotopic (exact) mass is 258 g/mol. The maximum atomic E-state index is 14.0. The number of carboxylic acids is 1. The number of hydrogen-bond donors (Lipinski definition) is 1. The standard InChI is InChI=1S/C13H16F2O3/c1-9-5-6-11(18-2)10(8-9)13(14,15)7-3-4-12(16)17/h5-6,8H,3-4,7H2,1-2H3,(H,16,17). The Morgan fingerprint density at radius 3 is 2.67 bits per heavy atom. The zero-order valence-electron chi connectivity index (χ0n) is 10.4. The maximum Gasteiger partial charge on any atom is 0.303 e. The molecular weight excluding hydrogens is 242 g/mol. The van der Waals surface area contributed by atoms with Crippen LogP contribution >= 0.6 is 0 Å². The van der Waals surface area contributed by atoms with Gasteiger partial charge in [-0.15, -0.1) is 0 Å². The van der Waals surface area contributed by atoms with Gasteiger partial charge in [0.05, 0.1) is 12.7 Å². The molecule has 1 N–H and O–H groups in total. The highest BCUT2D eigenvalue weighted by Gasteiger charge is 2.34. The van der Waals surface area contributed by atoms with Crippen molar-refractivity contribution in [2.24, 2.45) is 0 Å². The number of benzene rings is 1. The van der Waals surface area contributed by atoms with Gasteiger partial charge in [-0.3, -0.25) is 4.79 Å². The Kier molecular flexibility index (Phi) is 4.64. The topological polar surface area (TPSA) is 46.5 Å². The predicted octanol–water partition coefficient (Wildman–Crippen LogP) is 3.35. The number of rotatable bonds is 6. The average molecular weight is 258 g/mol. The summed E-state index contributed by atoms with van der Waals surface area (Å²) in [5.74, 6) is -4.02. The van der Waals surface area contributed by atoms with E-state index in [1.807, 2.05) is 0 Å². The average Bonchev–Trinajstić information content (AvgIpc) is 2.28. The van der Waals surface area contributed by atoms with Crippen LogP contribution in [-0.2, 0) is 10.7 Å². The van der Waals surface area contributed by atoms with Gasteiger partial charge in [0.25, 0.3) is 5.92 Å². The number of ether oxygens (including phenoxy) is 1. The van der Waals surface area contributed by atoms with E-state index in [1.165, 1.54) is 19.2 Å². The van der Waals surface area contributed by atoms with Gasteiger partial charge in [-0.1, -0.05) is 11.6 Å². The minimum atomic E-state index is -3.08. The molecule has 0 spiro atoms. The molecular formula is C13H16F2O3. The van der Waals surface area contributed by atoms with Crippen LogP contribution in [0.2, 0.25) is 0 Å². The molecule has 0 aliphatic carbocycles. The van der Waals surface area contributed by atoms with Crippen molar-refractivity contribution in [1.82, 2.24) is 0 Å². The molecule has 0 fully saturated rings. The van der Waals surface area contributed by atoms with Gasteiger partial charge in [0.1, 0.15) is 5.75 Å². The molecule has 0 amide bonds. The lowest BCUT2D eigenvalue weighted by atomic mass is 10.00. The highest BCUT2D eigenvalue weighted by molar-refractivity contribution is 5.66. The van der Waals surface area contributed by atoms with Crippen molar-refractivity contribution in [1.29, 1.82) is 0 Å². The van der Waals surface area contributed by atoms with Gasteiger partial charge in [-0.05, 0) is 25.5 Å². The van der Waals surface area contributed by atoms with Crippen LogP contribution in [0, 0.1) is 6.92 Å². The second-order valence-electron chi connectivity index (χ2n) is 4.16. The molecule has 0 radical (unpaired) electrons. The molecule has 0 unspecified atom stereocenters. The first-order valence-corrected chi connectivity index (χ1v) is 5.61. The van der Waals surface area contributed by atoms with E-state index in [-0.39, 0.29) is 24.2 Å². The number of carboxylic acid groups (broad SMARTS) is 1. The lowest BCUT2D eigenvalue weighted by Crippen LogP contribution is -2.15. The first-order valence-electron chi connectivity index (χ1n) is 5.61. The number of methoxy groups -OCH3 is 1. The van der Waals surface area contributed by atoms with E-state index in [4.69, 9.17) is 9.84 Å². The number of halogens is 2. The van der Waals surface area contributed by atoms with Crippen LogP contribution in [0.15, 0.2) is 18.2 Å². The molecule has 1 aromatic rings. The zero-order valence-corrected chi connectivity index (χ0v) is 10.4. The Labute approximate surface area is 104 Å². The second-order valence-corrected chi connectivity index (χ2v) is 4.16. The molecule has 0 aromatic heterocycles. The van der Waals surface area contributed by atoms with Crippen LogP contribution in [0.4, 0.5) is 8.78 Å². The quantitative estimate of drug-likeness (QED) is 0.851. The summed E-state index contributed by atoms with van der Waals surface area (Å²) in [5, 5.41) is 8.46. The number of carbonyl (C=O) groups is 1. The van der Waals surface area contributed by atoms with Crippen molar-refractivity contribution in [3.05, 3.63) is 29.3 Å². The Hall–Kier alpha value is -1.65. The Morgan fingerprint density at radius 2 is 2.11 bits per heavy atom. The summed E-state index contributed by atoms with van der Waals surface area (Å²) in [7, 11) is 1.33. The summed E-state index contributed by atoms with van der Waals surface area (Å²) in [5.41, 5.74) is 0.527. The van der Waals surface area contributed by atoms with E-state index in [2.05, 4.69) is 0 Å². The third kappa shape index (κ3) is 3.68. The highest BCUT2D eigenvalue weighted by Crippen LogP contribution is 2.39. The third-order valence-corrected chi connectivity index (χ3v) is 2.63. The van der Waals surface area contributed by atoms with Crippen LogP contribution < -0.4 is 4.74 Å². The molecule has 1 aromatic carbocycles. The molecule has 0 saturated heterocycles. The molecule has 0 atom stereocenters. The summed E-state index contributed by atoms with van der Waals surface area (Å²) in [6, 6.07) is 4.56. The van der Waals surface area contributed by atoms with Gasteiger partial charge >= 0.3 is 5.97 Å². The second kappa shape index (κ2) is 5.80. The molecule has 0 aliphatic rings. The lowest BCUT2D eigenvalue weighted by Gasteiger charge is -2.19. The van der Waals surface area contributed by atoms with E-state index in [1.54, 1.807) is 13.0 Å².